The van der Waals surface area contributed by atoms with E-state index in [1.807, 2.05) is 0 Å². The molecule has 12 heteroatoms. The van der Waals surface area contributed by atoms with Crippen molar-refractivity contribution >= 4 is 62.4 Å². The van der Waals surface area contributed by atoms with Gasteiger partial charge < -0.3 is 0 Å². The van der Waals surface area contributed by atoms with Gasteiger partial charge in [-0.2, -0.15) is 0 Å². The molecule has 0 bridgehead atoms. The third-order valence-electron chi connectivity index (χ3n) is 1.83. The Labute approximate surface area is 126 Å². The van der Waals surface area contributed by atoms with Crippen molar-refractivity contribution < 1.29 is 20.8 Å². The van der Waals surface area contributed by atoms with Gasteiger partial charge >= 0.3 is 35.0 Å². The molecule has 0 amide bonds. The summed E-state index contributed by atoms with van der Waals surface area (Å²) >= 11 is -7.57. The number of hydrogen-bond donors (Lipinski definition) is 0. The van der Waals surface area contributed by atoms with Crippen LogP contribution >= 0.6 is 23.1 Å². The second-order valence-electron chi connectivity index (χ2n) is 6.37. The molecular formula is C8H18AsF6NS2Si2. The molecule has 20 heavy (non-hydrogen) atoms. The monoisotopic (exact) mass is 437 g/mol. The molecule has 0 fully saturated rings. The fourth-order valence-electron chi connectivity index (χ4n) is 1.13. The molecule has 0 saturated carbocycles. The molecule has 0 aromatic carbocycles. The van der Waals surface area contributed by atoms with Crippen molar-refractivity contribution in [3.05, 3.63) is 0 Å². The number of rotatable bonds is 2. The van der Waals surface area contributed by atoms with E-state index in [1.54, 1.807) is 32.1 Å². The van der Waals surface area contributed by atoms with Crippen molar-refractivity contribution in [2.24, 2.45) is 0 Å². The molecular weight excluding hydrogens is 419 g/mol. The molecule has 0 aliphatic carbocycles. The summed E-state index contributed by atoms with van der Waals surface area (Å²) in [6.45, 7) is 14.5. The molecule has 0 radical (unpaired) electrons. The van der Waals surface area contributed by atoms with Gasteiger partial charge in [0.15, 0.2) is 23.1 Å². The molecule has 0 unspecified atom stereocenters. The summed E-state index contributed by atoms with van der Waals surface area (Å²) in [6.07, 6.45) is 0. The van der Waals surface area contributed by atoms with Crippen molar-refractivity contribution in [3.63, 3.8) is 0 Å². The van der Waals surface area contributed by atoms with Crippen LogP contribution in [0.15, 0.2) is 0 Å². The third-order valence-corrected chi connectivity index (χ3v) is 11.4. The zero-order valence-corrected chi connectivity index (χ0v) is 17.5. The SMILES string of the molecule is C[Si](C)(C)c1sn[s+]c1[Si](C)(C)C.F[As-](F)(F)(F)(F)F. The molecule has 0 N–H and O–H groups in total. The topological polar surface area (TPSA) is 12.9 Å². The van der Waals surface area contributed by atoms with Crippen LogP contribution in [-0.4, -0.2) is 34.1 Å². The van der Waals surface area contributed by atoms with E-state index in [0.29, 0.717) is 0 Å². The summed E-state index contributed by atoms with van der Waals surface area (Å²) in [4.78, 5) is 0. The van der Waals surface area contributed by atoms with E-state index in [4.69, 9.17) is 0 Å². The predicted molar refractivity (Wildman–Crippen MR) is 82.8 cm³/mol. The second-order valence-corrected chi connectivity index (χ2v) is 22.9. The maximum absolute atomic E-state index is 11.1. The molecule has 0 spiro atoms. The van der Waals surface area contributed by atoms with Gasteiger partial charge in [0.2, 0.25) is 0 Å². The number of halogens is 6. The van der Waals surface area contributed by atoms with Crippen LogP contribution in [0.3, 0.4) is 0 Å². The Kier molecular flexibility index (Phi) is 5.18. The fourth-order valence-corrected chi connectivity index (χ4v) is 10.9. The Hall–Kier alpha value is 0.552. The van der Waals surface area contributed by atoms with Gasteiger partial charge in [-0.3, -0.25) is 0 Å². The minimum atomic E-state index is -11.1. The first-order chi connectivity index (χ1) is 8.18. The van der Waals surface area contributed by atoms with Gasteiger partial charge in [0.25, 0.3) is 0 Å². The van der Waals surface area contributed by atoms with Crippen LogP contribution in [0.2, 0.25) is 39.3 Å². The van der Waals surface area contributed by atoms with Crippen LogP contribution in [0.25, 0.3) is 0 Å². The molecule has 1 rings (SSSR count). The van der Waals surface area contributed by atoms with Crippen LogP contribution in [0.5, 0.6) is 0 Å². The van der Waals surface area contributed by atoms with Crippen molar-refractivity contribution in [1.82, 2.24) is 3.76 Å². The van der Waals surface area contributed by atoms with E-state index < -0.39 is 30.3 Å². The van der Waals surface area contributed by atoms with Gasteiger partial charge in [-0.1, -0.05) is 39.3 Å². The van der Waals surface area contributed by atoms with E-state index in [-0.39, 0.29) is 0 Å². The standard InChI is InChI=1S/C8H18NS2Si2.AsF6/c1-12(2,3)7-8(11-9-10-7)13(4,5)6;2-1(3,4,5,6)7/h1-6H3;/q+1;-1. The Morgan fingerprint density at radius 2 is 1.20 bits per heavy atom. The van der Waals surface area contributed by atoms with Crippen molar-refractivity contribution in [3.8, 4) is 0 Å². The van der Waals surface area contributed by atoms with Crippen LogP contribution in [0, 0.1) is 0 Å². The molecule has 1 aromatic heterocycles. The molecule has 1 heterocycles. The Balaban J connectivity index is 0.000000441. The Bertz CT molecular complexity index is 433. The van der Waals surface area contributed by atoms with Crippen LogP contribution in [-0.2, 0) is 0 Å². The Morgan fingerprint density at radius 3 is 1.40 bits per heavy atom. The molecule has 0 saturated heterocycles. The summed E-state index contributed by atoms with van der Waals surface area (Å²) in [7, 11) is -2.27. The third kappa shape index (κ3) is 11.2. The zero-order chi connectivity index (χ0) is 16.7. The van der Waals surface area contributed by atoms with E-state index >= 15 is 0 Å². The van der Waals surface area contributed by atoms with Gasteiger partial charge in [0, 0.05) is 0 Å². The van der Waals surface area contributed by atoms with Crippen molar-refractivity contribution in [2.75, 3.05) is 0 Å². The summed E-state index contributed by atoms with van der Waals surface area (Å²) in [5.74, 6) is 0. The fraction of sp³-hybridized carbons (Fsp3) is 0.750. The first kappa shape index (κ1) is 20.6. The summed E-state index contributed by atoms with van der Waals surface area (Å²) < 4.78 is 67.1. The van der Waals surface area contributed by atoms with E-state index in [0.717, 1.165) is 0 Å². The minimum absolute atomic E-state index is 1.13. The van der Waals surface area contributed by atoms with Crippen LogP contribution in [0.1, 0.15) is 0 Å². The first-order valence-electron chi connectivity index (χ1n) is 5.54. The molecule has 0 aliphatic rings. The van der Waals surface area contributed by atoms with E-state index in [2.05, 4.69) is 43.0 Å². The number of nitrogens with zero attached hydrogens (tertiary/aromatic N) is 1. The van der Waals surface area contributed by atoms with Gasteiger partial charge in [0.05, 0.1) is 3.76 Å². The van der Waals surface area contributed by atoms with E-state index in [1.165, 1.54) is 0 Å². The average molecular weight is 437 g/mol. The zero-order valence-electron chi connectivity index (χ0n) is 12.0. The molecule has 1 aromatic rings. The van der Waals surface area contributed by atoms with Gasteiger partial charge in [-0.15, -0.1) is 0 Å². The quantitative estimate of drug-likeness (QED) is 0.371. The number of aromatic nitrogens is 1. The van der Waals surface area contributed by atoms with E-state index in [9.17, 15) is 20.8 Å². The van der Waals surface area contributed by atoms with Crippen LogP contribution in [0.4, 0.5) is 20.8 Å². The van der Waals surface area contributed by atoms with Crippen molar-refractivity contribution in [2.45, 2.75) is 39.3 Å². The van der Waals surface area contributed by atoms with Crippen molar-refractivity contribution in [1.29, 1.82) is 0 Å². The predicted octanol–water partition coefficient (Wildman–Crippen LogP) is 4.72. The summed E-state index contributed by atoms with van der Waals surface area (Å²) in [6, 6.07) is 0. The van der Waals surface area contributed by atoms with Gasteiger partial charge in [-0.25, -0.2) is 0 Å². The number of hydrogen-bond acceptors (Lipinski definition) is 2. The average Bonchev–Trinajstić information content (AvgIpc) is 2.39. The molecule has 1 nitrogen and oxygen atoms in total. The summed E-state index contributed by atoms with van der Waals surface area (Å²) in [5, 5.41) is 0. The molecule has 0 atom stereocenters. The maximum atomic E-state index is 9.91. The Morgan fingerprint density at radius 1 is 0.850 bits per heavy atom. The molecule has 122 valence electrons. The summed E-state index contributed by atoms with van der Waals surface area (Å²) in [5.41, 5.74) is 0. The van der Waals surface area contributed by atoms with Gasteiger partial charge in [-0.05, 0) is 0 Å². The molecule has 0 aliphatic heterocycles. The first-order valence-corrected chi connectivity index (χ1v) is 18.3. The van der Waals surface area contributed by atoms with Gasteiger partial charge in [0.1, 0.15) is 25.1 Å². The normalized spacial score (nSPS) is 16.8. The van der Waals surface area contributed by atoms with Crippen LogP contribution < -0.4 is 9.00 Å². The second kappa shape index (κ2) is 5.04.